The number of rotatable bonds is 3. The minimum atomic E-state index is -3.76. The Bertz CT molecular complexity index is 680. The van der Waals surface area contributed by atoms with Gasteiger partial charge in [0.2, 0.25) is 0 Å². The number of hydrogen-bond acceptors (Lipinski definition) is 6. The molecule has 6 nitrogen and oxygen atoms in total. The van der Waals surface area contributed by atoms with Crippen LogP contribution in [0.25, 0.3) is 0 Å². The number of sulfone groups is 1. The van der Waals surface area contributed by atoms with Crippen LogP contribution in [0.15, 0.2) is 4.21 Å². The first-order valence-corrected chi connectivity index (χ1v) is 10.1. The molecule has 1 aliphatic rings. The molecule has 1 aromatic heterocycles. The monoisotopic (exact) mass is 344 g/mol. The number of hydrogen-bond donors (Lipinski definition) is 1. The lowest BCUT2D eigenvalue weighted by Gasteiger charge is -2.22. The van der Waals surface area contributed by atoms with E-state index in [-0.39, 0.29) is 20.2 Å². The van der Waals surface area contributed by atoms with E-state index in [0.717, 1.165) is 11.3 Å². The Morgan fingerprint density at radius 3 is 2.68 bits per heavy atom. The van der Waals surface area contributed by atoms with Crippen LogP contribution >= 0.6 is 22.9 Å². The van der Waals surface area contributed by atoms with Crippen LogP contribution < -0.4 is 4.72 Å². The number of aromatic nitrogens is 1. The molecule has 19 heavy (non-hydrogen) atoms. The lowest BCUT2D eigenvalue weighted by molar-refractivity contribution is 0.518. The van der Waals surface area contributed by atoms with Crippen LogP contribution in [0.5, 0.6) is 0 Å². The van der Waals surface area contributed by atoms with E-state index in [0.29, 0.717) is 18.5 Å². The topological polar surface area (TPSA) is 93.2 Å². The molecule has 0 aliphatic carbocycles. The highest BCUT2D eigenvalue weighted by Crippen LogP contribution is 2.27. The highest BCUT2D eigenvalue weighted by Gasteiger charge is 2.30. The zero-order chi connectivity index (χ0) is 14.3. The van der Waals surface area contributed by atoms with Gasteiger partial charge in [0, 0.05) is 6.04 Å². The number of halogens is 1. The van der Waals surface area contributed by atoms with Crippen LogP contribution in [-0.2, 0) is 19.9 Å². The Morgan fingerprint density at radius 1 is 1.47 bits per heavy atom. The fourth-order valence-corrected chi connectivity index (χ4v) is 6.76. The average molecular weight is 345 g/mol. The lowest BCUT2D eigenvalue weighted by Crippen LogP contribution is -2.43. The Kier molecular flexibility index (Phi) is 4.22. The standard InChI is InChI=1S/C9H13ClN2O4S3/c1-6-8(17-9(10)11-6)19(15,16)12-7-3-2-4-18(13,14)5-7/h7,12H,2-5H2,1H3. The van der Waals surface area contributed by atoms with Crippen molar-refractivity contribution < 1.29 is 16.8 Å². The Morgan fingerprint density at radius 2 is 2.16 bits per heavy atom. The Hall–Kier alpha value is -0.220. The first-order chi connectivity index (χ1) is 8.70. The van der Waals surface area contributed by atoms with Gasteiger partial charge in [-0.3, -0.25) is 0 Å². The predicted molar refractivity (Wildman–Crippen MR) is 73.9 cm³/mol. The van der Waals surface area contributed by atoms with Crippen molar-refractivity contribution in [1.29, 1.82) is 0 Å². The van der Waals surface area contributed by atoms with Crippen molar-refractivity contribution >= 4 is 42.8 Å². The smallest absolute Gasteiger partial charge is 0.229 e. The molecule has 1 saturated heterocycles. The lowest BCUT2D eigenvalue weighted by atomic mass is 10.2. The third-order valence-corrected chi connectivity index (χ3v) is 7.97. The van der Waals surface area contributed by atoms with Crippen LogP contribution in [0.1, 0.15) is 18.5 Å². The summed E-state index contributed by atoms with van der Waals surface area (Å²) in [4.78, 5) is 3.85. The van der Waals surface area contributed by atoms with Crippen LogP contribution in [-0.4, -0.2) is 39.4 Å². The molecule has 1 aromatic rings. The summed E-state index contributed by atoms with van der Waals surface area (Å²) in [6, 6.07) is -0.580. The predicted octanol–water partition coefficient (Wildman–Crippen LogP) is 0.960. The van der Waals surface area contributed by atoms with Crippen LogP contribution in [0, 0.1) is 6.92 Å². The average Bonchev–Trinajstić information content (AvgIpc) is 2.56. The molecule has 0 spiro atoms. The minimum Gasteiger partial charge on any atom is -0.229 e. The van der Waals surface area contributed by atoms with Crippen LogP contribution in [0.2, 0.25) is 4.47 Å². The first kappa shape index (κ1) is 15.2. The number of aryl methyl sites for hydroxylation is 1. The van der Waals surface area contributed by atoms with Gasteiger partial charge in [0.15, 0.2) is 18.5 Å². The Balaban J connectivity index is 2.20. The molecule has 2 rings (SSSR count). The largest absolute Gasteiger partial charge is 0.252 e. The second-order valence-electron chi connectivity index (χ2n) is 4.41. The summed E-state index contributed by atoms with van der Waals surface area (Å²) in [5.41, 5.74) is 0.321. The van der Waals surface area contributed by atoms with Crippen LogP contribution in [0.4, 0.5) is 0 Å². The fourth-order valence-electron chi connectivity index (χ4n) is 1.99. The minimum absolute atomic E-state index is 0.0421. The van der Waals surface area contributed by atoms with E-state index in [9.17, 15) is 16.8 Å². The molecule has 1 fully saturated rings. The summed E-state index contributed by atoms with van der Waals surface area (Å²) in [5.74, 6) is -0.0333. The molecule has 2 heterocycles. The van der Waals surface area contributed by atoms with Crippen molar-refractivity contribution in [2.75, 3.05) is 11.5 Å². The van der Waals surface area contributed by atoms with Crippen molar-refractivity contribution in [3.8, 4) is 0 Å². The van der Waals surface area contributed by atoms with E-state index >= 15 is 0 Å². The van der Waals surface area contributed by atoms with Crippen LogP contribution in [0.3, 0.4) is 0 Å². The van der Waals surface area contributed by atoms with E-state index < -0.39 is 25.9 Å². The number of sulfonamides is 1. The molecule has 1 N–H and O–H groups in total. The normalized spacial score (nSPS) is 23.4. The molecular formula is C9H13ClN2O4S3. The van der Waals surface area contributed by atoms with Gasteiger partial charge in [-0.2, -0.15) is 0 Å². The molecular weight excluding hydrogens is 332 g/mol. The molecule has 10 heteroatoms. The molecule has 0 radical (unpaired) electrons. The van der Waals surface area contributed by atoms with Crippen molar-refractivity contribution in [1.82, 2.24) is 9.71 Å². The third kappa shape index (κ3) is 3.66. The van der Waals surface area contributed by atoms with Gasteiger partial charge >= 0.3 is 0 Å². The van der Waals surface area contributed by atoms with Gasteiger partial charge < -0.3 is 0 Å². The van der Waals surface area contributed by atoms with Gasteiger partial charge in [-0.05, 0) is 19.8 Å². The third-order valence-electron chi connectivity index (χ3n) is 2.76. The molecule has 0 bridgehead atoms. The van der Waals surface area contributed by atoms with E-state index in [1.165, 1.54) is 0 Å². The highest BCUT2D eigenvalue weighted by molar-refractivity contribution is 7.92. The molecule has 108 valence electrons. The molecule has 1 unspecified atom stereocenters. The quantitative estimate of drug-likeness (QED) is 0.881. The number of nitrogens with one attached hydrogen (secondary N) is 1. The van der Waals surface area contributed by atoms with Gasteiger partial charge in [-0.1, -0.05) is 22.9 Å². The summed E-state index contributed by atoms with van der Waals surface area (Å²) in [6.45, 7) is 1.55. The second kappa shape index (κ2) is 5.28. The number of nitrogens with zero attached hydrogens (tertiary/aromatic N) is 1. The summed E-state index contributed by atoms with van der Waals surface area (Å²) in [7, 11) is -6.92. The number of thiazole rings is 1. The highest BCUT2D eigenvalue weighted by atomic mass is 35.5. The molecule has 1 atom stereocenters. The molecule has 0 saturated carbocycles. The zero-order valence-corrected chi connectivity index (χ0v) is 13.3. The maximum absolute atomic E-state index is 12.2. The summed E-state index contributed by atoms with van der Waals surface area (Å²) in [5, 5.41) is 0. The van der Waals surface area contributed by atoms with Gasteiger partial charge in [0.1, 0.15) is 0 Å². The fraction of sp³-hybridized carbons (Fsp3) is 0.667. The van der Waals surface area contributed by atoms with E-state index in [1.807, 2.05) is 0 Å². The van der Waals surface area contributed by atoms with Crippen molar-refractivity contribution in [3.63, 3.8) is 0 Å². The van der Waals surface area contributed by atoms with Gasteiger partial charge in [0.25, 0.3) is 10.0 Å². The van der Waals surface area contributed by atoms with Crippen molar-refractivity contribution in [3.05, 3.63) is 10.2 Å². The summed E-state index contributed by atoms with van der Waals surface area (Å²) >= 11 is 6.54. The Labute approximate surface area is 121 Å². The summed E-state index contributed by atoms with van der Waals surface area (Å²) in [6.07, 6.45) is 0.988. The van der Waals surface area contributed by atoms with E-state index in [4.69, 9.17) is 11.6 Å². The van der Waals surface area contributed by atoms with Crippen molar-refractivity contribution in [2.24, 2.45) is 0 Å². The maximum atomic E-state index is 12.2. The van der Waals surface area contributed by atoms with Gasteiger partial charge in [-0.25, -0.2) is 26.5 Å². The SMILES string of the molecule is Cc1nc(Cl)sc1S(=O)(=O)NC1CCCS(=O)(=O)C1. The summed E-state index contributed by atoms with van der Waals surface area (Å²) < 4.78 is 49.9. The maximum Gasteiger partial charge on any atom is 0.252 e. The second-order valence-corrected chi connectivity index (χ2v) is 10.1. The van der Waals surface area contributed by atoms with Gasteiger partial charge in [0.05, 0.1) is 17.2 Å². The molecule has 0 aromatic carbocycles. The van der Waals surface area contributed by atoms with E-state index in [1.54, 1.807) is 6.92 Å². The zero-order valence-electron chi connectivity index (χ0n) is 10.1. The molecule has 0 amide bonds. The first-order valence-electron chi connectivity index (χ1n) is 5.55. The molecule has 1 aliphatic heterocycles. The van der Waals surface area contributed by atoms with Gasteiger partial charge in [-0.15, -0.1) is 0 Å². The van der Waals surface area contributed by atoms with Crippen molar-refractivity contribution in [2.45, 2.75) is 30.0 Å². The van der Waals surface area contributed by atoms with E-state index in [2.05, 4.69) is 9.71 Å².